The van der Waals surface area contributed by atoms with Gasteiger partial charge in [-0.3, -0.25) is 0 Å². The summed E-state index contributed by atoms with van der Waals surface area (Å²) in [5.74, 6) is 0. The number of halogens is 1. The van der Waals surface area contributed by atoms with E-state index in [0.717, 1.165) is 37.4 Å². The smallest absolute Gasteiger partial charge is 0.140 e. The zero-order chi connectivity index (χ0) is 12.1. The molecule has 0 aliphatic rings. The summed E-state index contributed by atoms with van der Waals surface area (Å²) < 4.78 is 1.04. The van der Waals surface area contributed by atoms with E-state index in [2.05, 4.69) is 49.1 Å². The van der Waals surface area contributed by atoms with E-state index in [0.29, 0.717) is 0 Å². The van der Waals surface area contributed by atoms with Crippen molar-refractivity contribution in [1.82, 2.24) is 15.0 Å². The summed E-state index contributed by atoms with van der Waals surface area (Å²) in [7, 11) is 0. The van der Waals surface area contributed by atoms with Crippen LogP contribution in [0, 0.1) is 0 Å². The van der Waals surface area contributed by atoms with Gasteiger partial charge in [-0.1, -0.05) is 22.0 Å². The first-order chi connectivity index (χ1) is 8.81. The quantitative estimate of drug-likeness (QED) is 0.532. The van der Waals surface area contributed by atoms with Gasteiger partial charge in [0.1, 0.15) is 11.3 Å². The largest absolute Gasteiger partial charge is 0.324 e. The highest BCUT2D eigenvalue weighted by molar-refractivity contribution is 9.10. The van der Waals surface area contributed by atoms with Crippen molar-refractivity contribution >= 4 is 48.9 Å². The Kier molecular flexibility index (Phi) is 1.96. The Labute approximate surface area is 111 Å². The summed E-state index contributed by atoms with van der Waals surface area (Å²) in [5, 5.41) is 3.37. The molecule has 0 amide bonds. The molecule has 86 valence electrons. The minimum absolute atomic E-state index is 0.884. The second-order valence-corrected chi connectivity index (χ2v) is 5.16. The molecule has 0 bridgehead atoms. The van der Waals surface area contributed by atoms with Crippen LogP contribution in [-0.2, 0) is 0 Å². The van der Waals surface area contributed by atoms with Gasteiger partial charge in [-0.25, -0.2) is 9.97 Å². The van der Waals surface area contributed by atoms with Crippen molar-refractivity contribution in [3.05, 3.63) is 47.1 Å². The molecular weight excluding hydrogens is 290 g/mol. The van der Waals surface area contributed by atoms with Gasteiger partial charge in [0.15, 0.2) is 0 Å². The molecule has 0 aliphatic heterocycles. The van der Waals surface area contributed by atoms with Gasteiger partial charge in [0.25, 0.3) is 0 Å². The molecule has 3 aromatic heterocycles. The van der Waals surface area contributed by atoms with Crippen LogP contribution in [0.2, 0.25) is 0 Å². The fourth-order valence-corrected chi connectivity index (χ4v) is 2.62. The van der Waals surface area contributed by atoms with Gasteiger partial charge < -0.3 is 4.98 Å². The van der Waals surface area contributed by atoms with E-state index in [9.17, 15) is 0 Å². The summed E-state index contributed by atoms with van der Waals surface area (Å²) in [5.41, 5.74) is 2.74. The Hall–Kier alpha value is -1.94. The number of fused-ring (bicyclic) bond motifs is 4. The number of nitrogens with one attached hydrogen (secondary N) is 1. The van der Waals surface area contributed by atoms with Crippen LogP contribution in [-0.4, -0.2) is 15.0 Å². The number of rotatable bonds is 0. The van der Waals surface area contributed by atoms with Gasteiger partial charge >= 0.3 is 0 Å². The number of nitrogens with zero attached hydrogens (tertiary/aromatic N) is 2. The minimum atomic E-state index is 0.884. The second kappa shape index (κ2) is 3.53. The molecule has 0 saturated carbocycles. The number of hydrogen-bond acceptors (Lipinski definition) is 2. The van der Waals surface area contributed by atoms with Crippen LogP contribution in [0.1, 0.15) is 0 Å². The second-order valence-electron chi connectivity index (χ2n) is 4.25. The van der Waals surface area contributed by atoms with E-state index in [-0.39, 0.29) is 0 Å². The Morgan fingerprint density at radius 2 is 1.94 bits per heavy atom. The molecule has 0 spiro atoms. The standard InChI is InChI=1S/C14H8BrN3/c15-9-4-3-8-6-11-10-2-1-5-16-13(10)18-14(11)17-12(8)7-9/h1-7H,(H,16,17,18). The summed E-state index contributed by atoms with van der Waals surface area (Å²) in [4.78, 5) is 12.2. The van der Waals surface area contributed by atoms with Crippen LogP contribution in [0.15, 0.2) is 47.1 Å². The number of aromatic amines is 1. The van der Waals surface area contributed by atoms with Gasteiger partial charge in [-0.05, 0) is 30.3 Å². The lowest BCUT2D eigenvalue weighted by Gasteiger charge is -1.98. The van der Waals surface area contributed by atoms with Crippen LogP contribution >= 0.6 is 15.9 Å². The van der Waals surface area contributed by atoms with E-state index < -0.39 is 0 Å². The lowest BCUT2D eigenvalue weighted by molar-refractivity contribution is 1.32. The average Bonchev–Trinajstić information content (AvgIpc) is 2.73. The molecule has 0 saturated heterocycles. The van der Waals surface area contributed by atoms with Crippen LogP contribution in [0.5, 0.6) is 0 Å². The molecular formula is C14H8BrN3. The Morgan fingerprint density at radius 3 is 2.89 bits per heavy atom. The summed E-state index contributed by atoms with van der Waals surface area (Å²) in [6.07, 6.45) is 1.79. The maximum Gasteiger partial charge on any atom is 0.140 e. The van der Waals surface area contributed by atoms with Gasteiger partial charge in [0.2, 0.25) is 0 Å². The topological polar surface area (TPSA) is 41.6 Å². The molecule has 4 rings (SSSR count). The molecule has 1 N–H and O–H groups in total. The molecule has 0 radical (unpaired) electrons. The number of hydrogen-bond donors (Lipinski definition) is 1. The Balaban J connectivity index is 2.23. The maximum atomic E-state index is 4.65. The fourth-order valence-electron chi connectivity index (χ4n) is 2.28. The van der Waals surface area contributed by atoms with Crippen molar-refractivity contribution in [2.45, 2.75) is 0 Å². The normalized spacial score (nSPS) is 11.6. The molecule has 1 aromatic carbocycles. The first-order valence-corrected chi connectivity index (χ1v) is 6.43. The highest BCUT2D eigenvalue weighted by Crippen LogP contribution is 2.27. The van der Waals surface area contributed by atoms with Crippen molar-refractivity contribution in [2.24, 2.45) is 0 Å². The minimum Gasteiger partial charge on any atom is -0.324 e. The van der Waals surface area contributed by atoms with E-state index in [1.165, 1.54) is 0 Å². The zero-order valence-electron chi connectivity index (χ0n) is 9.31. The van der Waals surface area contributed by atoms with Gasteiger partial charge in [-0.15, -0.1) is 0 Å². The lowest BCUT2D eigenvalue weighted by atomic mass is 10.1. The molecule has 0 fully saturated rings. The molecule has 18 heavy (non-hydrogen) atoms. The molecule has 0 atom stereocenters. The number of H-pyrrole nitrogens is 1. The molecule has 4 heteroatoms. The summed E-state index contributed by atoms with van der Waals surface area (Å²) >= 11 is 3.47. The van der Waals surface area contributed by atoms with Crippen molar-refractivity contribution in [1.29, 1.82) is 0 Å². The first-order valence-electron chi connectivity index (χ1n) is 5.64. The molecule has 4 aromatic rings. The fraction of sp³-hybridized carbons (Fsp3) is 0. The average molecular weight is 298 g/mol. The predicted molar refractivity (Wildman–Crippen MR) is 76.6 cm³/mol. The highest BCUT2D eigenvalue weighted by Gasteiger charge is 2.07. The number of pyridine rings is 2. The van der Waals surface area contributed by atoms with Crippen LogP contribution in [0.4, 0.5) is 0 Å². The Bertz CT molecular complexity index is 895. The van der Waals surface area contributed by atoms with Crippen molar-refractivity contribution in [2.75, 3.05) is 0 Å². The predicted octanol–water partition coefficient (Wildman–Crippen LogP) is 4.03. The van der Waals surface area contributed by atoms with Gasteiger partial charge in [0.05, 0.1) is 5.52 Å². The van der Waals surface area contributed by atoms with Crippen molar-refractivity contribution in [3.63, 3.8) is 0 Å². The lowest BCUT2D eigenvalue weighted by Crippen LogP contribution is -1.80. The van der Waals surface area contributed by atoms with Gasteiger partial charge in [-0.2, -0.15) is 0 Å². The maximum absolute atomic E-state index is 4.65. The first kappa shape index (κ1) is 10.0. The van der Waals surface area contributed by atoms with Crippen molar-refractivity contribution in [3.8, 4) is 0 Å². The number of benzene rings is 1. The van der Waals surface area contributed by atoms with E-state index in [4.69, 9.17) is 0 Å². The zero-order valence-corrected chi connectivity index (χ0v) is 10.9. The SMILES string of the molecule is Brc1ccc2cc3c(nc2c1)[nH]c1ncccc13. The summed E-state index contributed by atoms with van der Waals surface area (Å²) in [6.45, 7) is 0. The third-order valence-corrected chi connectivity index (χ3v) is 3.61. The molecule has 0 unspecified atom stereocenters. The molecule has 3 nitrogen and oxygen atoms in total. The number of aromatic nitrogens is 3. The summed E-state index contributed by atoms with van der Waals surface area (Å²) in [6, 6.07) is 12.3. The Morgan fingerprint density at radius 1 is 1.00 bits per heavy atom. The van der Waals surface area contributed by atoms with E-state index in [1.807, 2.05) is 18.2 Å². The highest BCUT2D eigenvalue weighted by atomic mass is 79.9. The monoisotopic (exact) mass is 297 g/mol. The van der Waals surface area contributed by atoms with Crippen LogP contribution in [0.25, 0.3) is 33.0 Å². The van der Waals surface area contributed by atoms with E-state index in [1.54, 1.807) is 6.20 Å². The molecule has 0 aliphatic carbocycles. The third kappa shape index (κ3) is 1.36. The van der Waals surface area contributed by atoms with Gasteiger partial charge in [0, 0.05) is 26.8 Å². The third-order valence-electron chi connectivity index (χ3n) is 3.11. The van der Waals surface area contributed by atoms with Crippen LogP contribution in [0.3, 0.4) is 0 Å². The van der Waals surface area contributed by atoms with Crippen molar-refractivity contribution < 1.29 is 0 Å². The van der Waals surface area contributed by atoms with E-state index >= 15 is 0 Å². The van der Waals surface area contributed by atoms with Crippen LogP contribution < -0.4 is 0 Å². The molecule has 3 heterocycles.